The Kier molecular flexibility index (Phi) is 5.82. The van der Waals surface area contributed by atoms with Gasteiger partial charge < -0.3 is 14.9 Å². The first-order valence-corrected chi connectivity index (χ1v) is 8.65. The van der Waals surface area contributed by atoms with Crippen LogP contribution in [0.25, 0.3) is 0 Å². The molecule has 0 aromatic heterocycles. The van der Waals surface area contributed by atoms with Gasteiger partial charge in [-0.1, -0.05) is 45.0 Å². The number of hydrogen-bond donors (Lipinski definition) is 1. The number of likely N-dealkylation sites (tertiary alicyclic amines) is 1. The van der Waals surface area contributed by atoms with Crippen LogP contribution >= 0.6 is 0 Å². The first-order chi connectivity index (χ1) is 10.9. The van der Waals surface area contributed by atoms with Crippen molar-refractivity contribution in [1.82, 2.24) is 9.80 Å². The van der Waals surface area contributed by atoms with Crippen LogP contribution in [0.2, 0.25) is 0 Å². The highest BCUT2D eigenvalue weighted by molar-refractivity contribution is 5.86. The molecule has 2 rings (SSSR count). The standard InChI is InChI=1S/C19H30N2O2/c1-5-20(4)14-19(23)11-6-12-21(18(19)22)13-16-7-9-17(10-8-16)15(2)3/h7-10,15,23H,5-6,11-14H2,1-4H3/t19-/m0/s1. The summed E-state index contributed by atoms with van der Waals surface area (Å²) in [6.07, 6.45) is 1.41. The van der Waals surface area contributed by atoms with Gasteiger partial charge in [-0.05, 0) is 43.5 Å². The van der Waals surface area contributed by atoms with Crippen LogP contribution < -0.4 is 0 Å². The van der Waals surface area contributed by atoms with E-state index >= 15 is 0 Å². The maximum absolute atomic E-state index is 12.7. The average Bonchev–Trinajstić information content (AvgIpc) is 2.52. The molecule has 1 fully saturated rings. The third-order valence-electron chi connectivity index (χ3n) is 4.79. The van der Waals surface area contributed by atoms with Crippen LogP contribution in [0, 0.1) is 0 Å². The summed E-state index contributed by atoms with van der Waals surface area (Å²) in [5, 5.41) is 10.8. The third-order valence-corrected chi connectivity index (χ3v) is 4.79. The average molecular weight is 318 g/mol. The second kappa shape index (κ2) is 7.45. The highest BCUT2D eigenvalue weighted by Crippen LogP contribution is 2.25. The van der Waals surface area contributed by atoms with Gasteiger partial charge in [0.05, 0.1) is 0 Å². The van der Waals surface area contributed by atoms with Crippen LogP contribution in [0.4, 0.5) is 0 Å². The molecule has 0 bridgehead atoms. The van der Waals surface area contributed by atoms with E-state index in [-0.39, 0.29) is 5.91 Å². The zero-order valence-electron chi connectivity index (χ0n) is 14.9. The van der Waals surface area contributed by atoms with Gasteiger partial charge in [0.2, 0.25) is 0 Å². The van der Waals surface area contributed by atoms with Crippen molar-refractivity contribution < 1.29 is 9.90 Å². The highest BCUT2D eigenvalue weighted by Gasteiger charge is 2.42. The molecule has 1 saturated heterocycles. The predicted octanol–water partition coefficient (Wildman–Crippen LogP) is 2.62. The van der Waals surface area contributed by atoms with E-state index in [1.807, 2.05) is 18.9 Å². The summed E-state index contributed by atoms with van der Waals surface area (Å²) in [6, 6.07) is 8.44. The van der Waals surface area contributed by atoms with E-state index in [9.17, 15) is 9.90 Å². The summed E-state index contributed by atoms with van der Waals surface area (Å²) in [5.74, 6) is 0.382. The molecule has 0 radical (unpaired) electrons. The second-order valence-corrected chi connectivity index (χ2v) is 7.09. The van der Waals surface area contributed by atoms with Crippen LogP contribution in [0.15, 0.2) is 24.3 Å². The molecule has 0 spiro atoms. The van der Waals surface area contributed by atoms with Gasteiger partial charge >= 0.3 is 0 Å². The van der Waals surface area contributed by atoms with E-state index in [1.165, 1.54) is 5.56 Å². The molecule has 1 N–H and O–H groups in total. The van der Waals surface area contributed by atoms with Crippen molar-refractivity contribution in [3.63, 3.8) is 0 Å². The first kappa shape index (κ1) is 18.0. The summed E-state index contributed by atoms with van der Waals surface area (Å²) in [6.45, 7) is 8.92. The number of piperidine rings is 1. The van der Waals surface area contributed by atoms with Gasteiger partial charge in [-0.2, -0.15) is 0 Å². The van der Waals surface area contributed by atoms with E-state index in [0.717, 1.165) is 25.1 Å². The molecule has 4 nitrogen and oxygen atoms in total. The number of likely N-dealkylation sites (N-methyl/N-ethyl adjacent to an activating group) is 1. The quantitative estimate of drug-likeness (QED) is 0.877. The number of hydrogen-bond acceptors (Lipinski definition) is 3. The number of aliphatic hydroxyl groups is 1. The van der Waals surface area contributed by atoms with Crippen LogP contribution in [0.3, 0.4) is 0 Å². The van der Waals surface area contributed by atoms with Crippen LogP contribution in [0.1, 0.15) is 50.7 Å². The summed E-state index contributed by atoms with van der Waals surface area (Å²) in [4.78, 5) is 16.5. The van der Waals surface area contributed by atoms with Crippen LogP contribution in [0.5, 0.6) is 0 Å². The largest absolute Gasteiger partial charge is 0.379 e. The Labute approximate surface area is 140 Å². The summed E-state index contributed by atoms with van der Waals surface area (Å²) in [7, 11) is 1.94. The number of carbonyl (C=O) groups excluding carboxylic acids is 1. The smallest absolute Gasteiger partial charge is 0.256 e. The normalized spacial score (nSPS) is 22.2. The Morgan fingerprint density at radius 3 is 2.52 bits per heavy atom. The van der Waals surface area contributed by atoms with Gasteiger partial charge in [-0.3, -0.25) is 4.79 Å². The molecule has 0 unspecified atom stereocenters. The highest BCUT2D eigenvalue weighted by atomic mass is 16.3. The van der Waals surface area contributed by atoms with Crippen molar-refractivity contribution in [1.29, 1.82) is 0 Å². The predicted molar refractivity (Wildman–Crippen MR) is 93.3 cm³/mol. The summed E-state index contributed by atoms with van der Waals surface area (Å²) < 4.78 is 0. The molecule has 1 atom stereocenters. The van der Waals surface area contributed by atoms with Crippen LogP contribution in [-0.4, -0.2) is 53.1 Å². The van der Waals surface area contributed by atoms with Crippen molar-refractivity contribution in [2.45, 2.75) is 51.7 Å². The molecule has 1 aromatic rings. The lowest BCUT2D eigenvalue weighted by molar-refractivity contribution is -0.159. The van der Waals surface area contributed by atoms with Gasteiger partial charge in [-0.15, -0.1) is 0 Å². The van der Waals surface area contributed by atoms with Gasteiger partial charge in [0.1, 0.15) is 0 Å². The topological polar surface area (TPSA) is 43.8 Å². The molecule has 128 valence electrons. The van der Waals surface area contributed by atoms with E-state index in [4.69, 9.17) is 0 Å². The van der Waals surface area contributed by atoms with Crippen molar-refractivity contribution in [3.8, 4) is 0 Å². The lowest BCUT2D eigenvalue weighted by Crippen LogP contribution is -2.57. The molecule has 0 aliphatic carbocycles. The Hall–Kier alpha value is -1.39. The molecular formula is C19H30N2O2. The Balaban J connectivity index is 2.06. The lowest BCUT2D eigenvalue weighted by atomic mass is 9.90. The molecule has 23 heavy (non-hydrogen) atoms. The minimum absolute atomic E-state index is 0.128. The number of nitrogens with zero attached hydrogens (tertiary/aromatic N) is 2. The number of amides is 1. The zero-order valence-corrected chi connectivity index (χ0v) is 14.9. The summed E-state index contributed by atoms with van der Waals surface area (Å²) in [5.41, 5.74) is 1.19. The maximum atomic E-state index is 12.7. The molecule has 4 heteroatoms. The molecule has 1 heterocycles. The third kappa shape index (κ3) is 4.33. The maximum Gasteiger partial charge on any atom is 0.256 e. The van der Waals surface area contributed by atoms with Crippen molar-refractivity contribution in [2.75, 3.05) is 26.7 Å². The van der Waals surface area contributed by atoms with E-state index in [1.54, 1.807) is 4.90 Å². The van der Waals surface area contributed by atoms with Gasteiger partial charge in [0.25, 0.3) is 5.91 Å². The van der Waals surface area contributed by atoms with Crippen molar-refractivity contribution in [3.05, 3.63) is 35.4 Å². The zero-order chi connectivity index (χ0) is 17.0. The number of rotatable bonds is 6. The van der Waals surface area contributed by atoms with E-state index < -0.39 is 5.60 Å². The van der Waals surface area contributed by atoms with Gasteiger partial charge in [0, 0.05) is 19.6 Å². The Morgan fingerprint density at radius 1 is 1.30 bits per heavy atom. The van der Waals surface area contributed by atoms with Crippen molar-refractivity contribution in [2.24, 2.45) is 0 Å². The fourth-order valence-electron chi connectivity index (χ4n) is 3.15. The molecule has 1 aliphatic heterocycles. The lowest BCUT2D eigenvalue weighted by Gasteiger charge is -2.40. The molecule has 1 amide bonds. The van der Waals surface area contributed by atoms with Gasteiger partial charge in [0.15, 0.2) is 5.60 Å². The molecule has 1 aliphatic rings. The Morgan fingerprint density at radius 2 is 1.96 bits per heavy atom. The molecule has 0 saturated carbocycles. The molecular weight excluding hydrogens is 288 g/mol. The number of benzene rings is 1. The minimum atomic E-state index is -1.24. The first-order valence-electron chi connectivity index (χ1n) is 8.65. The fourth-order valence-corrected chi connectivity index (χ4v) is 3.15. The van der Waals surface area contributed by atoms with Crippen LogP contribution in [-0.2, 0) is 11.3 Å². The number of carbonyl (C=O) groups is 1. The van der Waals surface area contributed by atoms with Gasteiger partial charge in [-0.25, -0.2) is 0 Å². The monoisotopic (exact) mass is 318 g/mol. The fraction of sp³-hybridized carbons (Fsp3) is 0.632. The second-order valence-electron chi connectivity index (χ2n) is 7.09. The Bertz CT molecular complexity index is 527. The minimum Gasteiger partial charge on any atom is -0.379 e. The van der Waals surface area contributed by atoms with E-state index in [2.05, 4.69) is 38.1 Å². The van der Waals surface area contributed by atoms with Crippen molar-refractivity contribution >= 4 is 5.91 Å². The SMILES string of the molecule is CCN(C)C[C@@]1(O)CCCN(Cc2ccc(C(C)C)cc2)C1=O. The molecule has 1 aromatic carbocycles. The summed E-state index contributed by atoms with van der Waals surface area (Å²) >= 11 is 0. The van der Waals surface area contributed by atoms with E-state index in [0.29, 0.717) is 25.4 Å².